The number of nitrogens with zero attached hydrogens (tertiary/aromatic N) is 2. The molecule has 0 saturated heterocycles. The van der Waals surface area contributed by atoms with Crippen molar-refractivity contribution in [3.05, 3.63) is 18.0 Å². The highest BCUT2D eigenvalue weighted by molar-refractivity contribution is 5.12. The van der Waals surface area contributed by atoms with Crippen molar-refractivity contribution in [2.24, 2.45) is 12.8 Å². The van der Waals surface area contributed by atoms with Crippen molar-refractivity contribution < 1.29 is 5.11 Å². The van der Waals surface area contributed by atoms with Gasteiger partial charge in [0, 0.05) is 13.2 Å². The van der Waals surface area contributed by atoms with Gasteiger partial charge in [-0.05, 0) is 13.0 Å². The average molecular weight is 155 g/mol. The minimum Gasteiger partial charge on any atom is -0.394 e. The van der Waals surface area contributed by atoms with E-state index in [-0.39, 0.29) is 6.61 Å². The van der Waals surface area contributed by atoms with Gasteiger partial charge in [-0.15, -0.1) is 0 Å². The Morgan fingerprint density at radius 2 is 2.45 bits per heavy atom. The number of nitrogens with two attached hydrogens (primary N) is 1. The van der Waals surface area contributed by atoms with Crippen molar-refractivity contribution in [1.82, 2.24) is 9.78 Å². The highest BCUT2D eigenvalue weighted by Gasteiger charge is 2.22. The molecule has 1 aromatic heterocycles. The van der Waals surface area contributed by atoms with Crippen LogP contribution in [0, 0.1) is 0 Å². The predicted molar refractivity (Wildman–Crippen MR) is 41.8 cm³/mol. The Hall–Kier alpha value is -0.870. The van der Waals surface area contributed by atoms with Crippen LogP contribution in [-0.4, -0.2) is 21.5 Å². The fourth-order valence-corrected chi connectivity index (χ4v) is 1.02. The maximum absolute atomic E-state index is 8.92. The summed E-state index contributed by atoms with van der Waals surface area (Å²) in [7, 11) is 1.80. The first-order valence-corrected chi connectivity index (χ1v) is 3.46. The van der Waals surface area contributed by atoms with Crippen LogP contribution < -0.4 is 5.73 Å². The molecule has 0 amide bonds. The van der Waals surface area contributed by atoms with Crippen LogP contribution in [0.2, 0.25) is 0 Å². The molecule has 0 spiro atoms. The fraction of sp³-hybridized carbons (Fsp3) is 0.571. The third kappa shape index (κ3) is 1.41. The van der Waals surface area contributed by atoms with Crippen molar-refractivity contribution in [2.45, 2.75) is 12.5 Å². The second-order valence-corrected chi connectivity index (χ2v) is 2.92. The number of aryl methyl sites for hydroxylation is 1. The van der Waals surface area contributed by atoms with Crippen molar-refractivity contribution in [2.75, 3.05) is 6.61 Å². The van der Waals surface area contributed by atoms with Crippen LogP contribution in [0.3, 0.4) is 0 Å². The van der Waals surface area contributed by atoms with Gasteiger partial charge in [0.15, 0.2) is 0 Å². The summed E-state index contributed by atoms with van der Waals surface area (Å²) in [6.07, 6.45) is 1.66. The summed E-state index contributed by atoms with van der Waals surface area (Å²) in [6, 6.07) is 1.80. The minimum atomic E-state index is -0.689. The van der Waals surface area contributed by atoms with E-state index in [9.17, 15) is 0 Å². The molecule has 0 aromatic carbocycles. The molecular formula is C7H13N3O. The molecule has 0 aliphatic carbocycles. The van der Waals surface area contributed by atoms with Gasteiger partial charge in [0.2, 0.25) is 0 Å². The molecule has 62 valence electrons. The number of aliphatic hydroxyl groups is 1. The van der Waals surface area contributed by atoms with Gasteiger partial charge in [0.05, 0.1) is 17.8 Å². The quantitative estimate of drug-likeness (QED) is 0.610. The van der Waals surface area contributed by atoms with E-state index < -0.39 is 5.54 Å². The molecular weight excluding hydrogens is 142 g/mol. The first-order valence-electron chi connectivity index (χ1n) is 3.46. The summed E-state index contributed by atoms with van der Waals surface area (Å²) in [5.74, 6) is 0. The molecule has 1 heterocycles. The Bertz CT molecular complexity index is 242. The van der Waals surface area contributed by atoms with Gasteiger partial charge < -0.3 is 10.8 Å². The summed E-state index contributed by atoms with van der Waals surface area (Å²) in [6.45, 7) is 1.69. The summed E-state index contributed by atoms with van der Waals surface area (Å²) < 4.78 is 1.66. The fourth-order valence-electron chi connectivity index (χ4n) is 1.02. The highest BCUT2D eigenvalue weighted by atomic mass is 16.3. The van der Waals surface area contributed by atoms with Crippen LogP contribution in [0.25, 0.3) is 0 Å². The first kappa shape index (κ1) is 8.23. The van der Waals surface area contributed by atoms with E-state index in [4.69, 9.17) is 10.8 Å². The number of hydrogen-bond donors (Lipinski definition) is 2. The second kappa shape index (κ2) is 2.64. The Labute approximate surface area is 65.6 Å². The zero-order chi connectivity index (χ0) is 8.48. The number of hydrogen-bond acceptors (Lipinski definition) is 3. The maximum atomic E-state index is 8.92. The third-order valence-corrected chi connectivity index (χ3v) is 1.73. The Kier molecular flexibility index (Phi) is 1.97. The standard InChI is InChI=1S/C7H13N3O/c1-7(8,5-11)6-3-4-9-10(6)2/h3-4,11H,5,8H2,1-2H3. The maximum Gasteiger partial charge on any atom is 0.0785 e. The van der Waals surface area contributed by atoms with Gasteiger partial charge in [-0.2, -0.15) is 5.10 Å². The molecule has 0 bridgehead atoms. The van der Waals surface area contributed by atoms with E-state index in [2.05, 4.69) is 5.10 Å². The lowest BCUT2D eigenvalue weighted by molar-refractivity contribution is 0.203. The molecule has 0 radical (unpaired) electrons. The van der Waals surface area contributed by atoms with E-state index >= 15 is 0 Å². The zero-order valence-electron chi connectivity index (χ0n) is 6.78. The summed E-state index contributed by atoms with van der Waals surface area (Å²) in [4.78, 5) is 0. The number of rotatable bonds is 2. The topological polar surface area (TPSA) is 64.1 Å². The summed E-state index contributed by atoms with van der Waals surface area (Å²) in [5.41, 5.74) is 5.92. The molecule has 3 N–H and O–H groups in total. The van der Waals surface area contributed by atoms with Crippen LogP contribution in [0.15, 0.2) is 12.3 Å². The highest BCUT2D eigenvalue weighted by Crippen LogP contribution is 2.14. The lowest BCUT2D eigenvalue weighted by Gasteiger charge is -2.21. The van der Waals surface area contributed by atoms with Crippen LogP contribution in [0.5, 0.6) is 0 Å². The van der Waals surface area contributed by atoms with Crippen LogP contribution in [0.4, 0.5) is 0 Å². The van der Waals surface area contributed by atoms with Crippen molar-refractivity contribution >= 4 is 0 Å². The number of aromatic nitrogens is 2. The van der Waals surface area contributed by atoms with Gasteiger partial charge in [-0.1, -0.05) is 0 Å². The van der Waals surface area contributed by atoms with Crippen LogP contribution >= 0.6 is 0 Å². The van der Waals surface area contributed by atoms with Crippen LogP contribution in [-0.2, 0) is 12.6 Å². The first-order chi connectivity index (χ1) is 5.08. The molecule has 0 saturated carbocycles. The normalized spacial score (nSPS) is 16.4. The Balaban J connectivity index is 3.00. The van der Waals surface area contributed by atoms with E-state index in [0.717, 1.165) is 5.69 Å². The van der Waals surface area contributed by atoms with E-state index in [1.807, 2.05) is 0 Å². The van der Waals surface area contributed by atoms with Gasteiger partial charge in [-0.25, -0.2) is 0 Å². The smallest absolute Gasteiger partial charge is 0.0785 e. The molecule has 1 atom stereocenters. The lowest BCUT2D eigenvalue weighted by Crippen LogP contribution is -2.38. The Morgan fingerprint density at radius 3 is 2.82 bits per heavy atom. The molecule has 11 heavy (non-hydrogen) atoms. The van der Waals surface area contributed by atoms with E-state index in [1.165, 1.54) is 0 Å². The molecule has 4 heteroatoms. The van der Waals surface area contributed by atoms with Gasteiger partial charge >= 0.3 is 0 Å². The van der Waals surface area contributed by atoms with E-state index in [0.29, 0.717) is 0 Å². The summed E-state index contributed by atoms with van der Waals surface area (Å²) in [5, 5.41) is 12.9. The van der Waals surface area contributed by atoms with Gasteiger partial charge in [0.1, 0.15) is 0 Å². The third-order valence-electron chi connectivity index (χ3n) is 1.73. The van der Waals surface area contributed by atoms with Crippen molar-refractivity contribution in [3.63, 3.8) is 0 Å². The molecule has 0 fully saturated rings. The molecule has 1 aromatic rings. The molecule has 0 aliphatic heterocycles. The number of aliphatic hydroxyl groups excluding tert-OH is 1. The van der Waals surface area contributed by atoms with Crippen molar-refractivity contribution in [3.8, 4) is 0 Å². The largest absolute Gasteiger partial charge is 0.394 e. The second-order valence-electron chi connectivity index (χ2n) is 2.92. The van der Waals surface area contributed by atoms with Crippen LogP contribution in [0.1, 0.15) is 12.6 Å². The van der Waals surface area contributed by atoms with Gasteiger partial charge in [-0.3, -0.25) is 4.68 Å². The van der Waals surface area contributed by atoms with Crippen molar-refractivity contribution in [1.29, 1.82) is 0 Å². The summed E-state index contributed by atoms with van der Waals surface area (Å²) >= 11 is 0. The minimum absolute atomic E-state index is 0.0769. The molecule has 4 nitrogen and oxygen atoms in total. The SMILES string of the molecule is Cn1nccc1C(C)(N)CO. The Morgan fingerprint density at radius 1 is 1.82 bits per heavy atom. The molecule has 0 aliphatic rings. The van der Waals surface area contributed by atoms with Gasteiger partial charge in [0.25, 0.3) is 0 Å². The zero-order valence-corrected chi connectivity index (χ0v) is 6.78. The molecule has 1 unspecified atom stereocenters. The lowest BCUT2D eigenvalue weighted by atomic mass is 10.0. The van der Waals surface area contributed by atoms with E-state index in [1.54, 1.807) is 30.9 Å². The predicted octanol–water partition coefficient (Wildman–Crippen LogP) is -0.414. The monoisotopic (exact) mass is 155 g/mol. The average Bonchev–Trinajstić information content (AvgIpc) is 2.36. The molecule has 1 rings (SSSR count).